The lowest BCUT2D eigenvalue weighted by Crippen LogP contribution is -2.28. The zero-order valence-electron chi connectivity index (χ0n) is 12.0. The molecule has 0 aromatic heterocycles. The molecule has 0 fully saturated rings. The molecule has 1 amide bonds. The van der Waals surface area contributed by atoms with Gasteiger partial charge < -0.3 is 5.32 Å². The first kappa shape index (κ1) is 15.6. The van der Waals surface area contributed by atoms with E-state index in [0.717, 1.165) is 5.56 Å². The number of hydrogen-bond acceptors (Lipinski definition) is 3. The van der Waals surface area contributed by atoms with Gasteiger partial charge in [0.2, 0.25) is 5.91 Å². The molecule has 114 valence electrons. The van der Waals surface area contributed by atoms with Crippen molar-refractivity contribution in [2.75, 3.05) is 0 Å². The van der Waals surface area contributed by atoms with Crippen LogP contribution in [0.4, 0.5) is 10.1 Å². The van der Waals surface area contributed by atoms with Crippen LogP contribution >= 0.6 is 0 Å². The molecule has 0 bridgehead atoms. The molecule has 0 heterocycles. The monoisotopic (exact) mass is 302 g/mol. The molecule has 0 unspecified atom stereocenters. The molecule has 0 spiro atoms. The second-order valence-electron chi connectivity index (χ2n) is 4.94. The molecule has 2 aromatic rings. The Morgan fingerprint density at radius 3 is 2.32 bits per heavy atom. The Kier molecular flexibility index (Phi) is 4.83. The van der Waals surface area contributed by atoms with E-state index in [-0.39, 0.29) is 29.9 Å². The predicted octanol–water partition coefficient (Wildman–Crippen LogP) is 3.15. The van der Waals surface area contributed by atoms with Crippen LogP contribution in [0.25, 0.3) is 0 Å². The average Bonchev–Trinajstić information content (AvgIpc) is 2.48. The molecule has 6 heteroatoms. The molecule has 0 saturated heterocycles. The fourth-order valence-corrected chi connectivity index (χ4v) is 2.05. The third-order valence-electron chi connectivity index (χ3n) is 3.26. The standard InChI is InChI=1S/C16H15FN2O3/c1-11(13-4-6-14(17)7-5-13)18-16(20)10-12-2-8-15(9-3-12)19(21)22/h2-9,11H,10H2,1H3,(H,18,20)/t11-/m1/s1. The Labute approximate surface area is 126 Å². The number of halogens is 1. The summed E-state index contributed by atoms with van der Waals surface area (Å²) in [5, 5.41) is 13.4. The van der Waals surface area contributed by atoms with Crippen molar-refractivity contribution < 1.29 is 14.1 Å². The van der Waals surface area contributed by atoms with Gasteiger partial charge in [-0.3, -0.25) is 14.9 Å². The SMILES string of the molecule is C[C@@H](NC(=O)Cc1ccc([N+](=O)[O-])cc1)c1ccc(F)cc1. The first-order valence-corrected chi connectivity index (χ1v) is 6.74. The van der Waals surface area contributed by atoms with Crippen molar-refractivity contribution in [2.45, 2.75) is 19.4 Å². The van der Waals surface area contributed by atoms with Crippen LogP contribution in [0.15, 0.2) is 48.5 Å². The van der Waals surface area contributed by atoms with Gasteiger partial charge in [-0.15, -0.1) is 0 Å². The van der Waals surface area contributed by atoms with Crippen LogP contribution in [-0.4, -0.2) is 10.8 Å². The van der Waals surface area contributed by atoms with Crippen LogP contribution in [0, 0.1) is 15.9 Å². The summed E-state index contributed by atoms with van der Waals surface area (Å²) < 4.78 is 12.9. The zero-order chi connectivity index (χ0) is 16.1. The molecule has 1 atom stereocenters. The Balaban J connectivity index is 1.94. The molecule has 0 aliphatic carbocycles. The van der Waals surface area contributed by atoms with Crippen LogP contribution in [-0.2, 0) is 11.2 Å². The van der Waals surface area contributed by atoms with Gasteiger partial charge in [-0.05, 0) is 30.2 Å². The van der Waals surface area contributed by atoms with Gasteiger partial charge in [-0.25, -0.2) is 4.39 Å². The van der Waals surface area contributed by atoms with Crippen molar-refractivity contribution in [2.24, 2.45) is 0 Å². The Morgan fingerprint density at radius 2 is 1.77 bits per heavy atom. The third-order valence-corrected chi connectivity index (χ3v) is 3.26. The Morgan fingerprint density at radius 1 is 1.18 bits per heavy atom. The van der Waals surface area contributed by atoms with E-state index in [2.05, 4.69) is 5.32 Å². The van der Waals surface area contributed by atoms with E-state index in [9.17, 15) is 19.3 Å². The molecule has 0 aliphatic rings. The summed E-state index contributed by atoms with van der Waals surface area (Å²) in [7, 11) is 0. The molecule has 0 radical (unpaired) electrons. The van der Waals surface area contributed by atoms with E-state index in [1.165, 1.54) is 24.3 Å². The van der Waals surface area contributed by atoms with E-state index in [1.54, 1.807) is 31.2 Å². The Hall–Kier alpha value is -2.76. The van der Waals surface area contributed by atoms with Gasteiger partial charge in [0.05, 0.1) is 17.4 Å². The van der Waals surface area contributed by atoms with E-state index >= 15 is 0 Å². The maximum absolute atomic E-state index is 12.9. The summed E-state index contributed by atoms with van der Waals surface area (Å²) in [5.41, 5.74) is 1.48. The minimum absolute atomic E-state index is 0.0103. The summed E-state index contributed by atoms with van der Waals surface area (Å²) in [6, 6.07) is 11.5. The molecule has 5 nitrogen and oxygen atoms in total. The number of amides is 1. The molecule has 0 saturated carbocycles. The number of carbonyl (C=O) groups is 1. The molecular formula is C16H15FN2O3. The highest BCUT2D eigenvalue weighted by molar-refractivity contribution is 5.79. The summed E-state index contributed by atoms with van der Waals surface area (Å²) in [6.45, 7) is 1.81. The Bertz CT molecular complexity index is 669. The van der Waals surface area contributed by atoms with Crippen LogP contribution < -0.4 is 5.32 Å². The van der Waals surface area contributed by atoms with Gasteiger partial charge in [0.25, 0.3) is 5.69 Å². The largest absolute Gasteiger partial charge is 0.349 e. The lowest BCUT2D eigenvalue weighted by Gasteiger charge is -2.14. The minimum atomic E-state index is -0.486. The van der Waals surface area contributed by atoms with Gasteiger partial charge in [0.1, 0.15) is 5.82 Å². The minimum Gasteiger partial charge on any atom is -0.349 e. The first-order valence-electron chi connectivity index (χ1n) is 6.74. The van der Waals surface area contributed by atoms with Crippen molar-refractivity contribution in [1.29, 1.82) is 0 Å². The number of nitro groups is 1. The number of nitro benzene ring substituents is 1. The number of hydrogen-bond donors (Lipinski definition) is 1. The van der Waals surface area contributed by atoms with Crippen LogP contribution in [0.5, 0.6) is 0 Å². The maximum atomic E-state index is 12.9. The molecule has 2 aromatic carbocycles. The fourth-order valence-electron chi connectivity index (χ4n) is 2.05. The summed E-state index contributed by atoms with van der Waals surface area (Å²) >= 11 is 0. The van der Waals surface area contributed by atoms with Crippen molar-refractivity contribution in [3.8, 4) is 0 Å². The average molecular weight is 302 g/mol. The third kappa shape index (κ3) is 4.12. The van der Waals surface area contributed by atoms with E-state index < -0.39 is 4.92 Å². The highest BCUT2D eigenvalue weighted by Crippen LogP contribution is 2.15. The van der Waals surface area contributed by atoms with Gasteiger partial charge in [-0.1, -0.05) is 24.3 Å². The van der Waals surface area contributed by atoms with E-state index in [1.807, 2.05) is 0 Å². The highest BCUT2D eigenvalue weighted by Gasteiger charge is 2.11. The van der Waals surface area contributed by atoms with Gasteiger partial charge in [-0.2, -0.15) is 0 Å². The maximum Gasteiger partial charge on any atom is 0.269 e. The topological polar surface area (TPSA) is 72.2 Å². The van der Waals surface area contributed by atoms with Gasteiger partial charge >= 0.3 is 0 Å². The van der Waals surface area contributed by atoms with E-state index in [4.69, 9.17) is 0 Å². The lowest BCUT2D eigenvalue weighted by atomic mass is 10.1. The van der Waals surface area contributed by atoms with Crippen LogP contribution in [0.1, 0.15) is 24.1 Å². The number of nitrogens with one attached hydrogen (secondary N) is 1. The van der Waals surface area contributed by atoms with Crippen molar-refractivity contribution in [3.05, 3.63) is 75.6 Å². The first-order chi connectivity index (χ1) is 10.5. The number of carbonyl (C=O) groups excluding carboxylic acids is 1. The number of rotatable bonds is 5. The molecule has 22 heavy (non-hydrogen) atoms. The van der Waals surface area contributed by atoms with Crippen LogP contribution in [0.3, 0.4) is 0 Å². The highest BCUT2D eigenvalue weighted by atomic mass is 19.1. The molecule has 0 aliphatic heterocycles. The van der Waals surface area contributed by atoms with Crippen molar-refractivity contribution in [3.63, 3.8) is 0 Å². The number of benzene rings is 2. The number of nitrogens with zero attached hydrogens (tertiary/aromatic N) is 1. The smallest absolute Gasteiger partial charge is 0.269 e. The fraction of sp³-hybridized carbons (Fsp3) is 0.188. The molecular weight excluding hydrogens is 287 g/mol. The van der Waals surface area contributed by atoms with E-state index in [0.29, 0.717) is 5.56 Å². The van der Waals surface area contributed by atoms with Gasteiger partial charge in [0, 0.05) is 12.1 Å². The van der Waals surface area contributed by atoms with Gasteiger partial charge in [0.15, 0.2) is 0 Å². The van der Waals surface area contributed by atoms with Crippen molar-refractivity contribution >= 4 is 11.6 Å². The summed E-state index contributed by atoms with van der Waals surface area (Å²) in [5.74, 6) is -0.529. The zero-order valence-corrected chi connectivity index (χ0v) is 12.0. The lowest BCUT2D eigenvalue weighted by molar-refractivity contribution is -0.384. The molecule has 2 rings (SSSR count). The normalized spacial score (nSPS) is 11.7. The second-order valence-corrected chi connectivity index (χ2v) is 4.94. The predicted molar refractivity (Wildman–Crippen MR) is 79.8 cm³/mol. The quantitative estimate of drug-likeness (QED) is 0.681. The van der Waals surface area contributed by atoms with Crippen molar-refractivity contribution in [1.82, 2.24) is 5.32 Å². The molecule has 1 N–H and O–H groups in total. The summed E-state index contributed by atoms with van der Waals surface area (Å²) in [6.07, 6.45) is 0.129. The summed E-state index contributed by atoms with van der Waals surface area (Å²) in [4.78, 5) is 22.0. The second kappa shape index (κ2) is 6.80. The van der Waals surface area contributed by atoms with Crippen LogP contribution in [0.2, 0.25) is 0 Å². The number of non-ortho nitro benzene ring substituents is 1.